The standard InChI is InChI=1S/C19H19ClFN3O2/c1-12-8-13(21)2-3-14(12)19(4-5-19)24-7-6-23(11-17(24)26)15-9-22-10-16(25)18(15)20/h2-3,8-9H,4-7,10-11H2,1H3. The normalized spacial score (nSPS) is 22.3. The van der Waals surface area contributed by atoms with E-state index < -0.39 is 0 Å². The molecule has 1 saturated carbocycles. The Balaban J connectivity index is 1.57. The summed E-state index contributed by atoms with van der Waals surface area (Å²) < 4.78 is 13.5. The lowest BCUT2D eigenvalue weighted by Crippen LogP contribution is -2.54. The van der Waals surface area contributed by atoms with Crippen molar-refractivity contribution in [3.8, 4) is 0 Å². The van der Waals surface area contributed by atoms with Crippen LogP contribution in [-0.2, 0) is 15.1 Å². The van der Waals surface area contributed by atoms with Gasteiger partial charge >= 0.3 is 0 Å². The maximum absolute atomic E-state index is 13.5. The lowest BCUT2D eigenvalue weighted by atomic mass is 9.96. The molecule has 0 aromatic heterocycles. The molecule has 136 valence electrons. The molecule has 1 aliphatic carbocycles. The van der Waals surface area contributed by atoms with Crippen molar-refractivity contribution in [2.45, 2.75) is 25.3 Å². The van der Waals surface area contributed by atoms with E-state index in [0.717, 1.165) is 24.0 Å². The van der Waals surface area contributed by atoms with Gasteiger partial charge in [0.25, 0.3) is 0 Å². The van der Waals surface area contributed by atoms with Crippen LogP contribution in [0.3, 0.4) is 0 Å². The summed E-state index contributed by atoms with van der Waals surface area (Å²) in [5.41, 5.74) is 2.09. The highest BCUT2D eigenvalue weighted by atomic mass is 35.5. The van der Waals surface area contributed by atoms with Crippen molar-refractivity contribution >= 4 is 29.5 Å². The molecule has 2 aliphatic heterocycles. The van der Waals surface area contributed by atoms with Crippen LogP contribution in [0.25, 0.3) is 0 Å². The number of aryl methyl sites for hydroxylation is 1. The summed E-state index contributed by atoms with van der Waals surface area (Å²) in [6.45, 7) is 3.22. The minimum absolute atomic E-state index is 0.0131. The number of rotatable bonds is 3. The quantitative estimate of drug-likeness (QED) is 0.815. The molecule has 0 spiro atoms. The molecule has 0 N–H and O–H groups in total. The molecule has 5 nitrogen and oxygen atoms in total. The van der Waals surface area contributed by atoms with Crippen LogP contribution in [-0.4, -0.2) is 53.9 Å². The maximum Gasteiger partial charge on any atom is 0.242 e. The van der Waals surface area contributed by atoms with Gasteiger partial charge in [-0.1, -0.05) is 17.7 Å². The number of aliphatic imine (C=N–C) groups is 1. The number of benzene rings is 1. The van der Waals surface area contributed by atoms with Gasteiger partial charge in [0.15, 0.2) is 5.78 Å². The van der Waals surface area contributed by atoms with Crippen molar-refractivity contribution in [1.29, 1.82) is 0 Å². The summed E-state index contributed by atoms with van der Waals surface area (Å²) in [7, 11) is 0. The number of allylic oxidation sites excluding steroid dienone is 1. The van der Waals surface area contributed by atoms with Gasteiger partial charge in [-0.3, -0.25) is 14.6 Å². The molecule has 0 unspecified atom stereocenters. The van der Waals surface area contributed by atoms with E-state index in [-0.39, 0.29) is 41.2 Å². The Morgan fingerprint density at radius 3 is 2.65 bits per heavy atom. The van der Waals surface area contributed by atoms with Gasteiger partial charge in [-0.15, -0.1) is 0 Å². The number of Topliss-reactive ketones (excluding diaryl/α,β-unsaturated/α-hetero) is 1. The van der Waals surface area contributed by atoms with Gasteiger partial charge in [0.2, 0.25) is 5.91 Å². The molecule has 4 rings (SSSR count). The first-order valence-corrected chi connectivity index (χ1v) is 9.05. The fraction of sp³-hybridized carbons (Fsp3) is 0.421. The first kappa shape index (κ1) is 17.2. The molecule has 1 aromatic carbocycles. The van der Waals surface area contributed by atoms with Crippen LogP contribution < -0.4 is 0 Å². The summed E-state index contributed by atoms with van der Waals surface area (Å²) in [4.78, 5) is 32.4. The fourth-order valence-electron chi connectivity index (χ4n) is 3.99. The van der Waals surface area contributed by atoms with Crippen LogP contribution in [0, 0.1) is 12.7 Å². The Labute approximate surface area is 156 Å². The van der Waals surface area contributed by atoms with Crippen LogP contribution in [0.15, 0.2) is 33.9 Å². The second kappa shape index (κ2) is 6.20. The van der Waals surface area contributed by atoms with E-state index in [1.807, 2.05) is 16.7 Å². The van der Waals surface area contributed by atoms with Crippen LogP contribution in [0.1, 0.15) is 24.0 Å². The molecule has 1 amide bonds. The SMILES string of the molecule is Cc1cc(F)ccc1C1(N2CCN(C3=C(Cl)C(=O)CN=C3)CC2=O)CC1. The first-order chi connectivity index (χ1) is 12.4. The van der Waals surface area contributed by atoms with E-state index in [1.165, 1.54) is 12.1 Å². The van der Waals surface area contributed by atoms with Crippen LogP contribution in [0.2, 0.25) is 0 Å². The molecule has 0 bridgehead atoms. The van der Waals surface area contributed by atoms with E-state index in [0.29, 0.717) is 18.8 Å². The van der Waals surface area contributed by atoms with E-state index in [1.54, 1.807) is 12.3 Å². The second-order valence-electron chi connectivity index (χ2n) is 7.05. The average molecular weight is 376 g/mol. The van der Waals surface area contributed by atoms with E-state index in [4.69, 9.17) is 11.6 Å². The molecular formula is C19H19ClFN3O2. The second-order valence-corrected chi connectivity index (χ2v) is 7.43. The number of nitrogens with zero attached hydrogens (tertiary/aromatic N) is 3. The number of amides is 1. The van der Waals surface area contributed by atoms with Crippen LogP contribution >= 0.6 is 11.6 Å². The third kappa shape index (κ3) is 2.72. The highest BCUT2D eigenvalue weighted by molar-refractivity contribution is 6.44. The fourth-order valence-corrected chi connectivity index (χ4v) is 4.22. The van der Waals surface area contributed by atoms with Gasteiger partial charge in [-0.05, 0) is 43.0 Å². The third-order valence-corrected chi connectivity index (χ3v) is 5.81. The number of hydrogen-bond acceptors (Lipinski definition) is 4. The lowest BCUT2D eigenvalue weighted by Gasteiger charge is -2.41. The molecule has 2 heterocycles. The molecule has 3 aliphatic rings. The monoisotopic (exact) mass is 375 g/mol. The van der Waals surface area contributed by atoms with Gasteiger partial charge in [-0.25, -0.2) is 4.39 Å². The van der Waals surface area contributed by atoms with Crippen LogP contribution in [0.5, 0.6) is 0 Å². The largest absolute Gasteiger partial charge is 0.358 e. The number of piperazine rings is 1. The zero-order chi connectivity index (χ0) is 18.5. The van der Waals surface area contributed by atoms with Crippen molar-refractivity contribution in [2.75, 3.05) is 26.2 Å². The lowest BCUT2D eigenvalue weighted by molar-refractivity contribution is -0.139. The summed E-state index contributed by atoms with van der Waals surface area (Å²) in [6.07, 6.45) is 3.34. The van der Waals surface area contributed by atoms with Gasteiger partial charge in [0.05, 0.1) is 17.8 Å². The predicted molar refractivity (Wildman–Crippen MR) is 96.6 cm³/mol. The van der Waals surface area contributed by atoms with Crippen molar-refractivity contribution in [1.82, 2.24) is 9.80 Å². The van der Waals surface area contributed by atoms with Crippen molar-refractivity contribution in [2.24, 2.45) is 4.99 Å². The van der Waals surface area contributed by atoms with Gasteiger partial charge in [-0.2, -0.15) is 0 Å². The summed E-state index contributed by atoms with van der Waals surface area (Å²) in [5, 5.41) is 0.150. The number of carbonyl (C=O) groups excluding carboxylic acids is 2. The summed E-state index contributed by atoms with van der Waals surface area (Å²) >= 11 is 6.12. The Kier molecular flexibility index (Phi) is 4.10. The molecule has 1 saturated heterocycles. The van der Waals surface area contributed by atoms with Crippen molar-refractivity contribution in [3.05, 3.63) is 45.9 Å². The number of ketones is 1. The van der Waals surface area contributed by atoms with Crippen molar-refractivity contribution < 1.29 is 14.0 Å². The molecule has 26 heavy (non-hydrogen) atoms. The zero-order valence-corrected chi connectivity index (χ0v) is 15.2. The molecule has 7 heteroatoms. The smallest absolute Gasteiger partial charge is 0.242 e. The Morgan fingerprint density at radius 2 is 2.00 bits per heavy atom. The highest BCUT2D eigenvalue weighted by Crippen LogP contribution is 2.52. The van der Waals surface area contributed by atoms with E-state index in [9.17, 15) is 14.0 Å². The van der Waals surface area contributed by atoms with Crippen molar-refractivity contribution in [3.63, 3.8) is 0 Å². The minimum Gasteiger partial charge on any atom is -0.358 e. The number of carbonyl (C=O) groups is 2. The molecule has 0 radical (unpaired) electrons. The summed E-state index contributed by atoms with van der Waals surface area (Å²) in [6, 6.07) is 4.77. The molecule has 0 atom stereocenters. The molecular weight excluding hydrogens is 357 g/mol. The van der Waals surface area contributed by atoms with E-state index >= 15 is 0 Å². The van der Waals surface area contributed by atoms with Gasteiger partial charge in [0.1, 0.15) is 17.4 Å². The first-order valence-electron chi connectivity index (χ1n) is 8.67. The van der Waals surface area contributed by atoms with Gasteiger partial charge in [0, 0.05) is 19.3 Å². The number of dihydropyridines is 1. The summed E-state index contributed by atoms with van der Waals surface area (Å²) in [5.74, 6) is -0.499. The highest BCUT2D eigenvalue weighted by Gasteiger charge is 2.53. The third-order valence-electron chi connectivity index (χ3n) is 5.41. The number of halogens is 2. The Hall–Kier alpha value is -2.21. The average Bonchev–Trinajstić information content (AvgIpc) is 3.38. The Morgan fingerprint density at radius 1 is 1.23 bits per heavy atom. The topological polar surface area (TPSA) is 53.0 Å². The van der Waals surface area contributed by atoms with E-state index in [2.05, 4.69) is 4.99 Å². The van der Waals surface area contributed by atoms with Gasteiger partial charge < -0.3 is 9.80 Å². The predicted octanol–water partition coefficient (Wildman–Crippen LogP) is 2.37. The maximum atomic E-state index is 13.5. The van der Waals surface area contributed by atoms with Crippen LogP contribution in [0.4, 0.5) is 4.39 Å². The molecule has 1 aromatic rings. The minimum atomic E-state index is -0.324. The zero-order valence-electron chi connectivity index (χ0n) is 14.5. The number of hydrogen-bond donors (Lipinski definition) is 0. The molecule has 2 fully saturated rings. The Bertz CT molecular complexity index is 860.